The molecule has 0 radical (unpaired) electrons. The fraction of sp³-hybridized carbons (Fsp3) is 0.222. The lowest BCUT2D eigenvalue weighted by Crippen LogP contribution is -2.36. The van der Waals surface area contributed by atoms with Crippen LogP contribution in [0.2, 0.25) is 5.02 Å². The van der Waals surface area contributed by atoms with Gasteiger partial charge in [0.05, 0.1) is 5.69 Å². The number of aliphatic imine (C=N–C) groups is 1. The van der Waals surface area contributed by atoms with Crippen LogP contribution >= 0.6 is 23.4 Å². The van der Waals surface area contributed by atoms with Crippen LogP contribution in [0.25, 0.3) is 0 Å². The predicted molar refractivity (Wildman–Crippen MR) is 91.6 cm³/mol. The zero-order valence-electron chi connectivity index (χ0n) is 12.1. The van der Waals surface area contributed by atoms with Crippen LogP contribution in [0.15, 0.2) is 52.4 Å². The van der Waals surface area contributed by atoms with Crippen LogP contribution in [-0.4, -0.2) is 16.7 Å². The third kappa shape index (κ3) is 2.81. The van der Waals surface area contributed by atoms with E-state index in [-0.39, 0.29) is 22.8 Å². The van der Waals surface area contributed by atoms with Crippen molar-refractivity contribution in [1.29, 1.82) is 0 Å². The number of hydrogen-bond acceptors (Lipinski definition) is 3. The molecule has 1 fully saturated rings. The van der Waals surface area contributed by atoms with Crippen molar-refractivity contribution in [1.82, 2.24) is 0 Å². The number of thioether (sulfide) groups is 1. The van der Waals surface area contributed by atoms with Gasteiger partial charge in [0.1, 0.15) is 11.1 Å². The Bertz CT molecular complexity index is 818. The number of Topliss-reactive ketones (excluding diaryl/α,β-unsaturated/α-hetero) is 1. The first-order valence-corrected chi connectivity index (χ1v) is 8.68. The smallest absolute Gasteiger partial charge is 0.152 e. The van der Waals surface area contributed by atoms with Gasteiger partial charge in [-0.2, -0.15) is 0 Å². The van der Waals surface area contributed by atoms with Gasteiger partial charge in [-0.1, -0.05) is 23.7 Å². The Kier molecular flexibility index (Phi) is 3.74. The fourth-order valence-electron chi connectivity index (χ4n) is 3.13. The molecule has 4 rings (SSSR count). The summed E-state index contributed by atoms with van der Waals surface area (Å²) in [5, 5.41) is 0.420. The number of hydrogen-bond donors (Lipinski definition) is 0. The average molecular weight is 346 g/mol. The molecule has 0 spiro atoms. The van der Waals surface area contributed by atoms with E-state index in [4.69, 9.17) is 11.6 Å². The van der Waals surface area contributed by atoms with Crippen LogP contribution < -0.4 is 0 Å². The highest BCUT2D eigenvalue weighted by molar-refractivity contribution is 8.01. The molecule has 116 valence electrons. The van der Waals surface area contributed by atoms with Gasteiger partial charge in [-0.25, -0.2) is 4.39 Å². The number of rotatable bonds is 1. The van der Waals surface area contributed by atoms with Crippen LogP contribution in [0.3, 0.4) is 0 Å². The number of carbonyl (C=O) groups is 1. The molecule has 0 N–H and O–H groups in total. The molecule has 1 aliphatic heterocycles. The van der Waals surface area contributed by atoms with Crippen molar-refractivity contribution in [2.75, 3.05) is 0 Å². The molecule has 2 nitrogen and oxygen atoms in total. The molecular formula is C18H13ClFNOS. The van der Waals surface area contributed by atoms with Crippen molar-refractivity contribution in [3.05, 3.63) is 58.9 Å². The van der Waals surface area contributed by atoms with E-state index < -0.39 is 0 Å². The van der Waals surface area contributed by atoms with Crippen molar-refractivity contribution in [3.63, 3.8) is 0 Å². The van der Waals surface area contributed by atoms with Crippen LogP contribution in [0.4, 0.5) is 10.1 Å². The summed E-state index contributed by atoms with van der Waals surface area (Å²) in [6, 6.07) is 12.2. The zero-order chi connectivity index (χ0) is 16.0. The highest BCUT2D eigenvalue weighted by Gasteiger charge is 2.37. The fourth-order valence-corrected chi connectivity index (χ4v) is 4.44. The Labute approximate surface area is 142 Å². The Hall–Kier alpha value is -1.65. The second kappa shape index (κ2) is 5.77. The molecule has 0 saturated heterocycles. The van der Waals surface area contributed by atoms with Crippen LogP contribution in [-0.2, 0) is 4.79 Å². The predicted octanol–water partition coefficient (Wildman–Crippen LogP) is 5.17. The standard InChI is InChI=1S/C18H13ClFNOS/c19-12-3-1-10(2-4-12)11-7-15-18(16(22)8-11)23-17-9-13(20)5-6-14(17)21-15/h1-6,9,11,18H,7-8H2. The summed E-state index contributed by atoms with van der Waals surface area (Å²) < 4.78 is 13.4. The van der Waals surface area contributed by atoms with E-state index in [9.17, 15) is 9.18 Å². The Balaban J connectivity index is 1.68. The second-order valence-electron chi connectivity index (χ2n) is 5.84. The van der Waals surface area contributed by atoms with Crippen molar-refractivity contribution < 1.29 is 9.18 Å². The molecule has 0 aromatic heterocycles. The SMILES string of the molecule is O=C1CC(c2ccc(Cl)cc2)CC2=Nc3ccc(F)cc3SC12. The molecule has 1 heterocycles. The average Bonchev–Trinajstić information content (AvgIpc) is 2.54. The highest BCUT2D eigenvalue weighted by atomic mass is 35.5. The van der Waals surface area contributed by atoms with Gasteiger partial charge in [-0.3, -0.25) is 9.79 Å². The first-order chi connectivity index (χ1) is 11.1. The van der Waals surface area contributed by atoms with E-state index in [1.54, 1.807) is 6.07 Å². The maximum Gasteiger partial charge on any atom is 0.152 e. The monoisotopic (exact) mass is 345 g/mol. The highest BCUT2D eigenvalue weighted by Crippen LogP contribution is 2.44. The Morgan fingerprint density at radius 3 is 2.70 bits per heavy atom. The largest absolute Gasteiger partial charge is 0.298 e. The molecule has 2 unspecified atom stereocenters. The maximum absolute atomic E-state index is 13.4. The molecule has 1 aliphatic carbocycles. The third-order valence-electron chi connectivity index (χ3n) is 4.27. The van der Waals surface area contributed by atoms with Gasteiger partial charge in [-0.05, 0) is 48.2 Å². The summed E-state index contributed by atoms with van der Waals surface area (Å²) in [7, 11) is 0. The molecule has 2 aliphatic rings. The number of fused-ring (bicyclic) bond motifs is 2. The normalized spacial score (nSPS) is 23.0. The minimum atomic E-state index is -0.294. The van der Waals surface area contributed by atoms with E-state index in [0.717, 1.165) is 28.3 Å². The van der Waals surface area contributed by atoms with Gasteiger partial charge in [0.2, 0.25) is 0 Å². The minimum absolute atomic E-state index is 0.136. The van der Waals surface area contributed by atoms with E-state index >= 15 is 0 Å². The number of ketones is 1. The molecule has 0 bridgehead atoms. The summed E-state index contributed by atoms with van der Waals surface area (Å²) in [5.41, 5.74) is 2.76. The van der Waals surface area contributed by atoms with Gasteiger partial charge in [0.15, 0.2) is 5.78 Å². The first kappa shape index (κ1) is 14.9. The van der Waals surface area contributed by atoms with Gasteiger partial charge in [0.25, 0.3) is 0 Å². The molecule has 1 saturated carbocycles. The molecular weight excluding hydrogens is 333 g/mol. The first-order valence-electron chi connectivity index (χ1n) is 7.42. The van der Waals surface area contributed by atoms with Gasteiger partial charge in [0, 0.05) is 22.1 Å². The van der Waals surface area contributed by atoms with Gasteiger partial charge >= 0.3 is 0 Å². The zero-order valence-corrected chi connectivity index (χ0v) is 13.7. The summed E-state index contributed by atoms with van der Waals surface area (Å²) in [6.45, 7) is 0. The number of halogens is 2. The molecule has 2 aromatic carbocycles. The lowest BCUT2D eigenvalue weighted by atomic mass is 9.82. The molecule has 23 heavy (non-hydrogen) atoms. The summed E-state index contributed by atoms with van der Waals surface area (Å²) in [5.74, 6) is 0.00410. The van der Waals surface area contributed by atoms with Gasteiger partial charge < -0.3 is 0 Å². The van der Waals surface area contributed by atoms with Crippen LogP contribution in [0.5, 0.6) is 0 Å². The van der Waals surface area contributed by atoms with Gasteiger partial charge in [-0.15, -0.1) is 11.8 Å². The number of nitrogens with zero attached hydrogens (tertiary/aromatic N) is 1. The quantitative estimate of drug-likeness (QED) is 0.713. The Morgan fingerprint density at radius 1 is 1.13 bits per heavy atom. The molecule has 2 atom stereocenters. The van der Waals surface area contributed by atoms with Crippen molar-refractivity contribution in [3.8, 4) is 0 Å². The van der Waals surface area contributed by atoms with Crippen molar-refractivity contribution in [2.45, 2.75) is 28.9 Å². The summed E-state index contributed by atoms with van der Waals surface area (Å²) >= 11 is 7.36. The second-order valence-corrected chi connectivity index (χ2v) is 7.42. The van der Waals surface area contributed by atoms with Crippen molar-refractivity contribution >= 4 is 40.5 Å². The van der Waals surface area contributed by atoms with Crippen LogP contribution in [0.1, 0.15) is 24.3 Å². The summed E-state index contributed by atoms with van der Waals surface area (Å²) in [4.78, 5) is 17.9. The number of benzene rings is 2. The maximum atomic E-state index is 13.4. The van der Waals surface area contributed by atoms with E-state index in [1.807, 2.05) is 24.3 Å². The molecule has 0 amide bonds. The lowest BCUT2D eigenvalue weighted by molar-refractivity contribution is -0.118. The summed E-state index contributed by atoms with van der Waals surface area (Å²) in [6.07, 6.45) is 1.24. The third-order valence-corrected chi connectivity index (χ3v) is 5.87. The minimum Gasteiger partial charge on any atom is -0.298 e. The lowest BCUT2D eigenvalue weighted by Gasteiger charge is -2.32. The van der Waals surface area contributed by atoms with Crippen molar-refractivity contribution in [2.24, 2.45) is 4.99 Å². The topological polar surface area (TPSA) is 29.4 Å². The van der Waals surface area contributed by atoms with E-state index in [1.165, 1.54) is 23.9 Å². The Morgan fingerprint density at radius 2 is 1.91 bits per heavy atom. The molecule has 2 aromatic rings. The number of carbonyl (C=O) groups excluding carboxylic acids is 1. The van der Waals surface area contributed by atoms with E-state index in [0.29, 0.717) is 11.4 Å². The van der Waals surface area contributed by atoms with Crippen LogP contribution in [0, 0.1) is 5.82 Å². The van der Waals surface area contributed by atoms with E-state index in [2.05, 4.69) is 4.99 Å². The molecule has 5 heteroatoms.